The van der Waals surface area contributed by atoms with Crippen molar-refractivity contribution < 1.29 is 14.0 Å². The number of hydrogen-bond acceptors (Lipinski definition) is 3. The van der Waals surface area contributed by atoms with Crippen LogP contribution in [0.25, 0.3) is 0 Å². The standard InChI is InChI=1S/C26H34FN3O2/c27-22-8-4-5-20(17-22)19-28-13-15-30(16-14-28)25(32)23-18-26(23)9-11-29(12-10-26)24(31)21-6-2-1-3-7-21/h1-2,4-5,8,17,21,23H,3,6-7,9-16,18-19H2/t21-,23-/m1/s1. The largest absolute Gasteiger partial charge is 0.342 e. The van der Waals surface area contributed by atoms with Crippen molar-refractivity contribution in [2.24, 2.45) is 17.3 Å². The molecule has 4 aliphatic rings. The van der Waals surface area contributed by atoms with Gasteiger partial charge in [-0.1, -0.05) is 24.3 Å². The van der Waals surface area contributed by atoms with Crippen LogP contribution in [0.4, 0.5) is 4.39 Å². The maximum absolute atomic E-state index is 13.4. The molecule has 0 aromatic heterocycles. The molecule has 0 bridgehead atoms. The molecule has 32 heavy (non-hydrogen) atoms. The van der Waals surface area contributed by atoms with Crippen LogP contribution in [-0.4, -0.2) is 65.8 Å². The van der Waals surface area contributed by atoms with E-state index in [1.165, 1.54) is 6.07 Å². The van der Waals surface area contributed by atoms with Crippen molar-refractivity contribution >= 4 is 11.8 Å². The fourth-order valence-electron chi connectivity index (χ4n) is 5.94. The van der Waals surface area contributed by atoms with Gasteiger partial charge in [0.2, 0.25) is 11.8 Å². The van der Waals surface area contributed by atoms with E-state index in [9.17, 15) is 14.0 Å². The monoisotopic (exact) mass is 439 g/mol. The van der Waals surface area contributed by atoms with E-state index >= 15 is 0 Å². The molecule has 0 N–H and O–H groups in total. The number of piperazine rings is 1. The van der Waals surface area contributed by atoms with Crippen molar-refractivity contribution in [3.63, 3.8) is 0 Å². The van der Waals surface area contributed by atoms with E-state index in [-0.39, 0.29) is 23.1 Å². The Bertz CT molecular complexity index is 885. The summed E-state index contributed by atoms with van der Waals surface area (Å²) in [6, 6.07) is 6.77. The minimum Gasteiger partial charge on any atom is -0.342 e. The lowest BCUT2D eigenvalue weighted by Gasteiger charge is -2.37. The number of benzene rings is 1. The van der Waals surface area contributed by atoms with E-state index in [2.05, 4.69) is 22.0 Å². The number of carbonyl (C=O) groups is 2. The molecule has 0 radical (unpaired) electrons. The molecule has 5 nitrogen and oxygen atoms in total. The van der Waals surface area contributed by atoms with Gasteiger partial charge in [-0.2, -0.15) is 0 Å². The second-order valence-corrected chi connectivity index (χ2v) is 10.2. The number of amides is 2. The fraction of sp³-hybridized carbons (Fsp3) is 0.615. The Hall–Kier alpha value is -2.21. The van der Waals surface area contributed by atoms with Crippen LogP contribution < -0.4 is 0 Å². The Morgan fingerprint density at radius 3 is 2.41 bits per heavy atom. The van der Waals surface area contributed by atoms with Crippen LogP contribution in [0.5, 0.6) is 0 Å². The second-order valence-electron chi connectivity index (χ2n) is 10.2. The summed E-state index contributed by atoms with van der Waals surface area (Å²) in [5, 5.41) is 0. The van der Waals surface area contributed by atoms with Gasteiger partial charge < -0.3 is 9.80 Å². The van der Waals surface area contributed by atoms with Crippen molar-refractivity contribution in [3.8, 4) is 0 Å². The molecular formula is C26H34FN3O2. The lowest BCUT2D eigenvalue weighted by Crippen LogP contribution is -2.49. The van der Waals surface area contributed by atoms with Gasteiger partial charge in [-0.05, 0) is 61.6 Å². The van der Waals surface area contributed by atoms with Crippen molar-refractivity contribution in [2.75, 3.05) is 39.3 Å². The average molecular weight is 440 g/mol. The van der Waals surface area contributed by atoms with E-state index in [1.54, 1.807) is 12.1 Å². The number of allylic oxidation sites excluding steroid dienone is 2. The first-order valence-electron chi connectivity index (χ1n) is 12.2. The number of rotatable bonds is 4. The molecular weight excluding hydrogens is 405 g/mol. The summed E-state index contributed by atoms with van der Waals surface area (Å²) in [6.45, 7) is 5.52. The Balaban J connectivity index is 1.08. The van der Waals surface area contributed by atoms with Gasteiger partial charge in [0.05, 0.1) is 0 Å². The fourth-order valence-corrected chi connectivity index (χ4v) is 5.94. The third-order valence-electron chi connectivity index (χ3n) is 8.16. The summed E-state index contributed by atoms with van der Waals surface area (Å²) in [5.74, 6) is 0.745. The minimum absolute atomic E-state index is 0.138. The summed E-state index contributed by atoms with van der Waals surface area (Å²) >= 11 is 0. The maximum Gasteiger partial charge on any atom is 0.226 e. The number of carbonyl (C=O) groups excluding carboxylic acids is 2. The van der Waals surface area contributed by atoms with Crippen molar-refractivity contribution in [1.29, 1.82) is 0 Å². The molecule has 1 saturated carbocycles. The van der Waals surface area contributed by atoms with Crippen LogP contribution in [0.1, 0.15) is 44.1 Å². The van der Waals surface area contributed by atoms with Gasteiger partial charge in [0.25, 0.3) is 0 Å². The highest BCUT2D eigenvalue weighted by Crippen LogP contribution is 2.60. The summed E-state index contributed by atoms with van der Waals surface area (Å²) in [4.78, 5) is 32.4. The first-order valence-corrected chi connectivity index (χ1v) is 12.2. The first-order chi connectivity index (χ1) is 15.5. The molecule has 172 valence electrons. The Labute approximate surface area is 190 Å². The van der Waals surface area contributed by atoms with Gasteiger partial charge in [0, 0.05) is 57.6 Å². The lowest BCUT2D eigenvalue weighted by atomic mass is 9.88. The molecule has 6 heteroatoms. The first kappa shape index (κ1) is 21.6. The third kappa shape index (κ3) is 4.47. The Morgan fingerprint density at radius 1 is 0.969 bits per heavy atom. The van der Waals surface area contributed by atoms with E-state index in [1.807, 2.05) is 11.0 Å². The normalized spacial score (nSPS) is 27.5. The quantitative estimate of drug-likeness (QED) is 0.675. The molecule has 2 aliphatic carbocycles. The van der Waals surface area contributed by atoms with Crippen molar-refractivity contribution in [2.45, 2.75) is 45.1 Å². The zero-order valence-electron chi connectivity index (χ0n) is 18.8. The molecule has 5 rings (SSSR count). The molecule has 2 saturated heterocycles. The van der Waals surface area contributed by atoms with Crippen LogP contribution >= 0.6 is 0 Å². The van der Waals surface area contributed by atoms with E-state index in [0.29, 0.717) is 11.8 Å². The Kier molecular flexibility index (Phi) is 6.06. The topological polar surface area (TPSA) is 43.9 Å². The van der Waals surface area contributed by atoms with Gasteiger partial charge >= 0.3 is 0 Å². The summed E-state index contributed by atoms with van der Waals surface area (Å²) in [5.41, 5.74) is 1.12. The van der Waals surface area contributed by atoms with Gasteiger partial charge in [-0.25, -0.2) is 4.39 Å². The molecule has 0 unspecified atom stereocenters. The molecule has 2 aliphatic heterocycles. The zero-order valence-corrected chi connectivity index (χ0v) is 18.8. The summed E-state index contributed by atoms with van der Waals surface area (Å²) in [7, 11) is 0. The molecule has 2 atom stereocenters. The SMILES string of the molecule is O=C([C@@H]1CC=CCC1)N1CCC2(CC1)C[C@@H]2C(=O)N1CCN(Cc2cccc(F)c2)CC1. The highest BCUT2D eigenvalue weighted by atomic mass is 19.1. The predicted molar refractivity (Wildman–Crippen MR) is 121 cm³/mol. The highest BCUT2D eigenvalue weighted by Gasteiger charge is 2.59. The van der Waals surface area contributed by atoms with Gasteiger partial charge in [0.15, 0.2) is 0 Å². The zero-order chi connectivity index (χ0) is 22.1. The second kappa shape index (κ2) is 8.97. The van der Waals surface area contributed by atoms with Gasteiger partial charge in [-0.3, -0.25) is 14.5 Å². The molecule has 1 aromatic carbocycles. The third-order valence-corrected chi connectivity index (χ3v) is 8.16. The van der Waals surface area contributed by atoms with Gasteiger partial charge in [0.1, 0.15) is 5.82 Å². The van der Waals surface area contributed by atoms with Crippen LogP contribution in [0.15, 0.2) is 36.4 Å². The van der Waals surface area contributed by atoms with Gasteiger partial charge in [-0.15, -0.1) is 0 Å². The van der Waals surface area contributed by atoms with Crippen molar-refractivity contribution in [1.82, 2.24) is 14.7 Å². The van der Waals surface area contributed by atoms with Crippen LogP contribution in [0.2, 0.25) is 0 Å². The number of likely N-dealkylation sites (tertiary alicyclic amines) is 1. The lowest BCUT2D eigenvalue weighted by molar-refractivity contribution is -0.138. The average Bonchev–Trinajstić information content (AvgIpc) is 3.52. The summed E-state index contributed by atoms with van der Waals surface area (Å²) in [6.07, 6.45) is 10.1. The predicted octanol–water partition coefficient (Wildman–Crippen LogP) is 3.45. The number of piperidine rings is 1. The smallest absolute Gasteiger partial charge is 0.226 e. The van der Waals surface area contributed by atoms with E-state index in [4.69, 9.17) is 0 Å². The number of halogens is 1. The van der Waals surface area contributed by atoms with Crippen LogP contribution in [-0.2, 0) is 16.1 Å². The highest BCUT2D eigenvalue weighted by molar-refractivity contribution is 5.83. The molecule has 1 aromatic rings. The van der Waals surface area contributed by atoms with Crippen LogP contribution in [0, 0.1) is 23.1 Å². The minimum atomic E-state index is -0.196. The maximum atomic E-state index is 13.4. The van der Waals surface area contributed by atoms with Crippen molar-refractivity contribution in [3.05, 3.63) is 47.8 Å². The van der Waals surface area contributed by atoms with Crippen LogP contribution in [0.3, 0.4) is 0 Å². The van der Waals surface area contributed by atoms with E-state index < -0.39 is 0 Å². The Morgan fingerprint density at radius 2 is 1.72 bits per heavy atom. The number of hydrogen-bond donors (Lipinski definition) is 0. The number of nitrogens with zero attached hydrogens (tertiary/aromatic N) is 3. The molecule has 1 spiro atoms. The van der Waals surface area contributed by atoms with E-state index in [0.717, 1.165) is 89.9 Å². The molecule has 2 heterocycles. The summed E-state index contributed by atoms with van der Waals surface area (Å²) < 4.78 is 13.4. The molecule has 2 amide bonds. The molecule has 3 fully saturated rings.